The summed E-state index contributed by atoms with van der Waals surface area (Å²) in [4.78, 5) is 53.0. The molecule has 2 unspecified atom stereocenters. The van der Waals surface area contributed by atoms with Crippen molar-refractivity contribution in [1.29, 1.82) is 0 Å². The van der Waals surface area contributed by atoms with E-state index in [1.165, 1.54) is 19.3 Å². The van der Waals surface area contributed by atoms with E-state index in [0.717, 1.165) is 44.9 Å². The number of phosphoric ester groups is 2. The maximum atomic E-state index is 12.7. The van der Waals surface area contributed by atoms with Crippen LogP contribution in [0.25, 0.3) is 0 Å². The van der Waals surface area contributed by atoms with Crippen LogP contribution in [-0.4, -0.2) is 110 Å². The van der Waals surface area contributed by atoms with Gasteiger partial charge in [0.15, 0.2) is 12.4 Å². The number of carbonyl (C=O) groups is 2. The molecule has 0 spiro atoms. The summed E-state index contributed by atoms with van der Waals surface area (Å²) in [6.07, 6.45) is 30.9. The summed E-state index contributed by atoms with van der Waals surface area (Å²) in [5.41, 5.74) is 0. The fourth-order valence-corrected chi connectivity index (χ4v) is 7.42. The molecular weight excluding hydrogens is 886 g/mol. The number of ether oxygens (including phenoxy) is 3. The summed E-state index contributed by atoms with van der Waals surface area (Å²) in [7, 11) is -9.80. The Kier molecular flexibility index (Phi) is 34.8. The van der Waals surface area contributed by atoms with Crippen molar-refractivity contribution in [2.24, 2.45) is 5.92 Å². The number of hydrogen-bond donors (Lipinski definition) is 7. The molecule has 17 nitrogen and oxygen atoms in total. The number of rotatable bonds is 38. The zero-order chi connectivity index (χ0) is 48.2. The minimum Gasteiger partial charge on any atom is -0.462 e. The smallest absolute Gasteiger partial charge is 0.462 e. The number of aliphatic hydroxyl groups is 4. The van der Waals surface area contributed by atoms with Gasteiger partial charge < -0.3 is 49.3 Å². The molecule has 0 bridgehead atoms. The van der Waals surface area contributed by atoms with Crippen molar-refractivity contribution in [2.45, 2.75) is 173 Å². The minimum atomic E-state index is -4.91. The Morgan fingerprint density at radius 3 is 1.83 bits per heavy atom. The molecule has 0 radical (unpaired) electrons. The summed E-state index contributed by atoms with van der Waals surface area (Å²) in [5, 5.41) is 40.7. The third-order valence-electron chi connectivity index (χ3n) is 9.85. The molecule has 19 heteroatoms. The van der Waals surface area contributed by atoms with Crippen LogP contribution in [0.3, 0.4) is 0 Å². The Balaban J connectivity index is 2.63. The van der Waals surface area contributed by atoms with Gasteiger partial charge in [0.25, 0.3) is 0 Å². The molecule has 0 aliphatic carbocycles. The van der Waals surface area contributed by atoms with Crippen molar-refractivity contribution in [3.63, 3.8) is 0 Å². The van der Waals surface area contributed by atoms with E-state index in [1.807, 2.05) is 24.3 Å². The molecule has 1 aliphatic heterocycles. The first-order valence-electron chi connectivity index (χ1n) is 23.0. The van der Waals surface area contributed by atoms with E-state index in [4.69, 9.17) is 28.5 Å². The van der Waals surface area contributed by atoms with Crippen LogP contribution in [0.4, 0.5) is 0 Å². The largest absolute Gasteiger partial charge is 0.472 e. The zero-order valence-electron chi connectivity index (χ0n) is 38.3. The van der Waals surface area contributed by atoms with Crippen molar-refractivity contribution in [3.05, 3.63) is 72.9 Å². The van der Waals surface area contributed by atoms with Crippen LogP contribution in [0, 0.1) is 5.92 Å². The predicted octanol–water partition coefficient (Wildman–Crippen LogP) is 7.89. The monoisotopic (exact) mass is 964 g/mol. The summed E-state index contributed by atoms with van der Waals surface area (Å²) in [6, 6.07) is 0. The van der Waals surface area contributed by atoms with Gasteiger partial charge in [-0.25, -0.2) is 9.13 Å². The van der Waals surface area contributed by atoms with Crippen LogP contribution in [-0.2, 0) is 46.5 Å². The lowest BCUT2D eigenvalue weighted by atomic mass is 9.87. The SMILES string of the molecule is CCCCC/C=C\C/C=C\C/C=C\C/C=C\CCCC(=O)O[C@H](COC(=O)CCC/C=C\C[C@H]1[C@@H](O)CC(O)O[C@@H]1/C=C/[C@@H](O)CCCCC)COP(=O)(O)OC[C@@H](O)COP(=O)(O)O. The van der Waals surface area contributed by atoms with Crippen LogP contribution in [0.5, 0.6) is 0 Å². The van der Waals surface area contributed by atoms with Gasteiger partial charge in [0, 0.05) is 25.2 Å². The van der Waals surface area contributed by atoms with Crippen molar-refractivity contribution < 1.29 is 81.6 Å². The highest BCUT2D eigenvalue weighted by Crippen LogP contribution is 2.44. The molecule has 0 aromatic heterocycles. The zero-order valence-corrected chi connectivity index (χ0v) is 40.1. The summed E-state index contributed by atoms with van der Waals surface area (Å²) in [6.45, 7) is 1.24. The average molecular weight is 965 g/mol. The second kappa shape index (κ2) is 37.4. The predicted molar refractivity (Wildman–Crippen MR) is 247 cm³/mol. The molecule has 1 fully saturated rings. The van der Waals surface area contributed by atoms with E-state index >= 15 is 0 Å². The van der Waals surface area contributed by atoms with E-state index in [1.54, 1.807) is 12.2 Å². The van der Waals surface area contributed by atoms with E-state index in [-0.39, 0.29) is 25.2 Å². The van der Waals surface area contributed by atoms with Crippen molar-refractivity contribution in [2.75, 3.05) is 26.4 Å². The number of aliphatic hydroxyl groups excluding tert-OH is 4. The Morgan fingerprint density at radius 1 is 0.677 bits per heavy atom. The van der Waals surface area contributed by atoms with Crippen molar-refractivity contribution >= 4 is 27.6 Å². The summed E-state index contributed by atoms with van der Waals surface area (Å²) in [5.74, 6) is -1.66. The molecule has 0 saturated carbocycles. The van der Waals surface area contributed by atoms with Gasteiger partial charge in [-0.1, -0.05) is 119 Å². The average Bonchev–Trinajstić information content (AvgIpc) is 3.25. The lowest BCUT2D eigenvalue weighted by Crippen LogP contribution is -2.43. The van der Waals surface area contributed by atoms with E-state index in [9.17, 15) is 44.0 Å². The lowest BCUT2D eigenvalue weighted by molar-refractivity contribution is -0.199. The van der Waals surface area contributed by atoms with E-state index in [2.05, 4.69) is 59.4 Å². The van der Waals surface area contributed by atoms with Gasteiger partial charge in [-0.15, -0.1) is 0 Å². The maximum Gasteiger partial charge on any atom is 0.472 e. The highest BCUT2D eigenvalue weighted by atomic mass is 31.2. The van der Waals surface area contributed by atoms with Gasteiger partial charge >= 0.3 is 27.6 Å². The van der Waals surface area contributed by atoms with Gasteiger partial charge in [-0.2, -0.15) is 0 Å². The molecule has 1 heterocycles. The van der Waals surface area contributed by atoms with Crippen molar-refractivity contribution in [1.82, 2.24) is 0 Å². The number of unbranched alkanes of at least 4 members (excludes halogenated alkanes) is 7. The summed E-state index contributed by atoms with van der Waals surface area (Å²) < 4.78 is 53.4. The Hall–Kier alpha value is -2.60. The lowest BCUT2D eigenvalue weighted by Gasteiger charge is -2.36. The molecular formula is C46H78O17P2. The Labute approximate surface area is 386 Å². The molecule has 65 heavy (non-hydrogen) atoms. The molecule has 1 rings (SSSR count). The van der Waals surface area contributed by atoms with Crippen LogP contribution >= 0.6 is 15.6 Å². The van der Waals surface area contributed by atoms with Crippen LogP contribution in [0.2, 0.25) is 0 Å². The maximum absolute atomic E-state index is 12.7. The molecule has 0 aromatic carbocycles. The molecule has 374 valence electrons. The Bertz CT molecular complexity index is 1540. The second-order valence-electron chi connectivity index (χ2n) is 15.8. The first-order chi connectivity index (χ1) is 31.0. The van der Waals surface area contributed by atoms with E-state index in [0.29, 0.717) is 38.5 Å². The number of allylic oxidation sites excluding steroid dienone is 10. The number of carbonyl (C=O) groups excluding carboxylic acids is 2. The highest BCUT2D eigenvalue weighted by molar-refractivity contribution is 7.47. The fraction of sp³-hybridized carbons (Fsp3) is 0.696. The molecule has 1 aliphatic rings. The second-order valence-corrected chi connectivity index (χ2v) is 18.5. The summed E-state index contributed by atoms with van der Waals surface area (Å²) >= 11 is 0. The molecule has 1 saturated heterocycles. The quantitative estimate of drug-likeness (QED) is 0.0134. The van der Waals surface area contributed by atoms with Crippen LogP contribution < -0.4 is 0 Å². The number of hydrogen-bond acceptors (Lipinski definition) is 14. The molecule has 0 amide bonds. The molecule has 7 N–H and O–H groups in total. The van der Waals surface area contributed by atoms with Gasteiger partial charge in [-0.3, -0.25) is 23.2 Å². The first kappa shape index (κ1) is 60.4. The van der Waals surface area contributed by atoms with Gasteiger partial charge in [0.05, 0.1) is 38.1 Å². The number of esters is 2. The van der Waals surface area contributed by atoms with Gasteiger partial charge in [0.1, 0.15) is 12.7 Å². The van der Waals surface area contributed by atoms with Gasteiger partial charge in [0.2, 0.25) is 0 Å². The first-order valence-corrected chi connectivity index (χ1v) is 26.1. The van der Waals surface area contributed by atoms with Crippen molar-refractivity contribution in [3.8, 4) is 0 Å². The third-order valence-corrected chi connectivity index (χ3v) is 11.3. The van der Waals surface area contributed by atoms with E-state index < -0.39 is 90.8 Å². The van der Waals surface area contributed by atoms with Crippen LogP contribution in [0.15, 0.2) is 72.9 Å². The number of phosphoric acid groups is 2. The normalized spacial score (nSPS) is 21.0. The third kappa shape index (κ3) is 35.2. The minimum absolute atomic E-state index is 0.00349. The van der Waals surface area contributed by atoms with Crippen LogP contribution in [0.1, 0.15) is 136 Å². The molecule has 0 aromatic rings. The molecule has 8 atom stereocenters. The van der Waals surface area contributed by atoms with Gasteiger partial charge in [-0.05, 0) is 70.6 Å². The highest BCUT2D eigenvalue weighted by Gasteiger charge is 2.35. The standard InChI is InChI=1S/C46H78O17P2/c1-3-5-7-8-9-10-11-12-13-14-15-16-17-18-19-20-26-30-45(51)62-40(37-61-65(56,57)60-35-39(48)34-59-64(53,54)55)36-58-44(50)29-25-22-21-24-28-41-42(49)33-46(52)63-43(41)32-31-38(47)27-23-6-4-2/h9-10,12-13,15-16,18-19,21,24,31-32,38-43,46-49,52H,3-8,11,14,17,20,22-23,25-30,33-37H2,1-2H3,(H,56,57)(H2,53,54,55)/b10-9-,13-12-,16-15-,19-18-,24-21-,32-31+/t38-,39-,40+,41-,42-,43+,46?/m0/s1. The Morgan fingerprint density at radius 2 is 1.22 bits per heavy atom. The fourth-order valence-electron chi connectivity index (χ4n) is 6.26. The topological polar surface area (TPSA) is 265 Å².